The third-order valence-electron chi connectivity index (χ3n) is 7.73. The second-order valence-electron chi connectivity index (χ2n) is 9.14. The van der Waals surface area contributed by atoms with Crippen molar-refractivity contribution in [1.82, 2.24) is 0 Å². The van der Waals surface area contributed by atoms with Gasteiger partial charge in [0.15, 0.2) is 0 Å². The van der Waals surface area contributed by atoms with Crippen LogP contribution in [0.3, 0.4) is 0 Å². The van der Waals surface area contributed by atoms with Crippen LogP contribution in [0, 0.1) is 17.3 Å². The van der Waals surface area contributed by atoms with E-state index >= 15 is 0 Å². The molecular weight excluding hydrogens is 316 g/mol. The third kappa shape index (κ3) is 2.76. The average molecular weight is 347 g/mol. The Morgan fingerprint density at radius 3 is 2.77 bits per heavy atom. The van der Waals surface area contributed by atoms with Gasteiger partial charge in [0.2, 0.25) is 0 Å². The van der Waals surface area contributed by atoms with E-state index in [0.29, 0.717) is 12.0 Å². The molecule has 0 radical (unpaired) electrons. The molecule has 0 spiro atoms. The minimum Gasteiger partial charge on any atom is -0.489 e. The first-order valence-electron chi connectivity index (χ1n) is 10.5. The van der Waals surface area contributed by atoms with Crippen molar-refractivity contribution in [3.05, 3.63) is 65.2 Å². The highest BCUT2D eigenvalue weighted by Gasteiger charge is 2.50. The number of hydrogen-bond donors (Lipinski definition) is 0. The number of hydrogen-bond acceptors (Lipinski definition) is 1. The fourth-order valence-corrected chi connectivity index (χ4v) is 6.38. The van der Waals surface area contributed by atoms with E-state index in [9.17, 15) is 0 Å². The van der Waals surface area contributed by atoms with Gasteiger partial charge in [0.1, 0.15) is 12.4 Å². The Morgan fingerprint density at radius 1 is 1.00 bits per heavy atom. The predicted octanol–water partition coefficient (Wildman–Crippen LogP) is 6.51. The Bertz CT molecular complexity index is 780. The first-order chi connectivity index (χ1) is 12.7. The summed E-state index contributed by atoms with van der Waals surface area (Å²) in [6.45, 7) is 3.24. The summed E-state index contributed by atoms with van der Waals surface area (Å²) in [5.41, 5.74) is 5.08. The molecule has 3 unspecified atom stereocenters. The van der Waals surface area contributed by atoms with Gasteiger partial charge in [-0.25, -0.2) is 0 Å². The van der Waals surface area contributed by atoms with Crippen LogP contribution in [0.5, 0.6) is 5.75 Å². The van der Waals surface area contributed by atoms with Crippen molar-refractivity contribution < 1.29 is 4.74 Å². The smallest absolute Gasteiger partial charge is 0.120 e. The van der Waals surface area contributed by atoms with Gasteiger partial charge < -0.3 is 4.74 Å². The van der Waals surface area contributed by atoms with E-state index in [1.165, 1.54) is 50.5 Å². The summed E-state index contributed by atoms with van der Waals surface area (Å²) >= 11 is 0. The second kappa shape index (κ2) is 6.44. The van der Waals surface area contributed by atoms with Gasteiger partial charge in [-0.15, -0.1) is 0 Å². The molecule has 0 N–H and O–H groups in total. The zero-order valence-corrected chi connectivity index (χ0v) is 15.9. The normalized spacial score (nSPS) is 32.4. The third-order valence-corrected chi connectivity index (χ3v) is 7.73. The topological polar surface area (TPSA) is 9.23 Å². The maximum atomic E-state index is 6.08. The largest absolute Gasteiger partial charge is 0.489 e. The Labute approximate surface area is 157 Å². The van der Waals surface area contributed by atoms with Crippen LogP contribution in [-0.4, -0.2) is 0 Å². The summed E-state index contributed by atoms with van der Waals surface area (Å²) in [4.78, 5) is 0. The van der Waals surface area contributed by atoms with Gasteiger partial charge in [-0.05, 0) is 90.5 Å². The summed E-state index contributed by atoms with van der Waals surface area (Å²) in [5.74, 6) is 3.74. The minimum absolute atomic E-state index is 0.650. The molecule has 0 aromatic heterocycles. The molecule has 0 heterocycles. The molecule has 2 aromatic rings. The molecule has 1 heteroatoms. The number of ether oxygens (including phenoxy) is 1. The van der Waals surface area contributed by atoms with Crippen molar-refractivity contribution in [1.29, 1.82) is 0 Å². The molecule has 5 rings (SSSR count). The van der Waals surface area contributed by atoms with Crippen molar-refractivity contribution in [2.45, 2.75) is 64.4 Å². The molecule has 2 aromatic carbocycles. The minimum atomic E-state index is 0.650. The van der Waals surface area contributed by atoms with Gasteiger partial charge >= 0.3 is 0 Å². The van der Waals surface area contributed by atoms with Crippen LogP contribution in [-0.2, 0) is 13.0 Å². The molecule has 4 atom stereocenters. The van der Waals surface area contributed by atoms with Gasteiger partial charge in [0.25, 0.3) is 0 Å². The van der Waals surface area contributed by atoms with Gasteiger partial charge in [0, 0.05) is 0 Å². The highest BCUT2D eigenvalue weighted by molar-refractivity contribution is 5.40. The highest BCUT2D eigenvalue weighted by atomic mass is 16.5. The van der Waals surface area contributed by atoms with Crippen molar-refractivity contribution in [2.75, 3.05) is 0 Å². The molecule has 1 nitrogen and oxygen atoms in total. The summed E-state index contributed by atoms with van der Waals surface area (Å²) in [6, 6.07) is 17.4. The molecule has 0 aliphatic heterocycles. The monoisotopic (exact) mass is 346 g/mol. The van der Waals surface area contributed by atoms with E-state index in [2.05, 4.69) is 55.5 Å². The fourth-order valence-electron chi connectivity index (χ4n) is 6.38. The molecule has 2 saturated carbocycles. The van der Waals surface area contributed by atoms with Crippen LogP contribution < -0.4 is 4.74 Å². The molecule has 0 bridgehead atoms. The first-order valence-corrected chi connectivity index (χ1v) is 10.5. The predicted molar refractivity (Wildman–Crippen MR) is 106 cm³/mol. The number of aryl methyl sites for hydroxylation is 1. The molecular formula is C25H30O. The van der Waals surface area contributed by atoms with E-state index in [4.69, 9.17) is 4.74 Å². The average Bonchev–Trinajstić information content (AvgIpc) is 3.08. The lowest BCUT2D eigenvalue weighted by Crippen LogP contribution is -2.39. The molecule has 26 heavy (non-hydrogen) atoms. The molecule has 0 saturated heterocycles. The zero-order chi connectivity index (χ0) is 17.6. The van der Waals surface area contributed by atoms with E-state index in [0.717, 1.165) is 23.5 Å². The lowest BCUT2D eigenvalue weighted by Gasteiger charge is -2.49. The molecule has 3 aliphatic rings. The van der Waals surface area contributed by atoms with E-state index in [1.807, 2.05) is 0 Å². The van der Waals surface area contributed by atoms with E-state index < -0.39 is 0 Å². The summed E-state index contributed by atoms with van der Waals surface area (Å²) in [6.07, 6.45) is 9.87. The fraction of sp³-hybridized carbons (Fsp3) is 0.520. The van der Waals surface area contributed by atoms with Crippen LogP contribution in [0.1, 0.15) is 68.1 Å². The number of rotatable bonds is 3. The number of fused-ring (bicyclic) bond motifs is 5. The van der Waals surface area contributed by atoms with Crippen LogP contribution in [0.4, 0.5) is 0 Å². The molecule has 2 fully saturated rings. The maximum absolute atomic E-state index is 6.08. The van der Waals surface area contributed by atoms with Crippen molar-refractivity contribution in [3.63, 3.8) is 0 Å². The van der Waals surface area contributed by atoms with Gasteiger partial charge in [0.05, 0.1) is 0 Å². The van der Waals surface area contributed by atoms with E-state index in [-0.39, 0.29) is 0 Å². The van der Waals surface area contributed by atoms with Gasteiger partial charge in [-0.3, -0.25) is 0 Å². The Morgan fingerprint density at radius 2 is 1.88 bits per heavy atom. The molecule has 3 aliphatic carbocycles. The van der Waals surface area contributed by atoms with Crippen LogP contribution in [0.25, 0.3) is 0 Å². The van der Waals surface area contributed by atoms with Crippen LogP contribution in [0.2, 0.25) is 0 Å². The van der Waals surface area contributed by atoms with Crippen molar-refractivity contribution in [2.24, 2.45) is 17.3 Å². The molecule has 136 valence electrons. The Hall–Kier alpha value is -1.76. The Balaban J connectivity index is 1.34. The standard InChI is InChI=1S/C25H30O/c1-25-14-5-8-24(25)23-11-9-19-16-20(10-12-21(19)22(23)13-15-25)26-17-18-6-3-2-4-7-18/h2-4,6-7,10,12,16,22-24H,5,8-9,11,13-15,17H2,1H3/t22?,23?,24?,25-/m0/s1. The van der Waals surface area contributed by atoms with E-state index in [1.54, 1.807) is 11.1 Å². The quantitative estimate of drug-likeness (QED) is 0.615. The zero-order valence-electron chi connectivity index (χ0n) is 15.9. The SMILES string of the molecule is C[C@@]12CCCC1C1CCc3cc(OCc4ccccc4)ccc3C1CC2. The second-order valence-corrected chi connectivity index (χ2v) is 9.14. The lowest BCUT2D eigenvalue weighted by molar-refractivity contribution is 0.0598. The first kappa shape index (κ1) is 16.4. The summed E-state index contributed by atoms with van der Waals surface area (Å²) in [7, 11) is 0. The number of benzene rings is 2. The van der Waals surface area contributed by atoms with Crippen LogP contribution >= 0.6 is 0 Å². The van der Waals surface area contributed by atoms with Gasteiger partial charge in [-0.2, -0.15) is 0 Å². The van der Waals surface area contributed by atoms with Crippen molar-refractivity contribution >= 4 is 0 Å². The van der Waals surface area contributed by atoms with Gasteiger partial charge in [-0.1, -0.05) is 49.7 Å². The summed E-state index contributed by atoms with van der Waals surface area (Å²) < 4.78 is 6.08. The van der Waals surface area contributed by atoms with Crippen molar-refractivity contribution in [3.8, 4) is 5.75 Å². The summed E-state index contributed by atoms with van der Waals surface area (Å²) in [5, 5.41) is 0. The van der Waals surface area contributed by atoms with Crippen LogP contribution in [0.15, 0.2) is 48.5 Å². The maximum Gasteiger partial charge on any atom is 0.120 e. The molecule has 0 amide bonds. The lowest BCUT2D eigenvalue weighted by atomic mass is 9.56. The Kier molecular flexibility index (Phi) is 4.07. The highest BCUT2D eigenvalue weighted by Crippen LogP contribution is 2.60.